The van der Waals surface area contributed by atoms with E-state index in [2.05, 4.69) is 0 Å². The first kappa shape index (κ1) is 14.7. The summed E-state index contributed by atoms with van der Waals surface area (Å²) in [4.78, 5) is 19.9. The standard InChI is InChI=1S/C12H8F2N2O4Si/c13-21(14,11-7-3-1-5-9(11)15(17)18)12-8-4-2-6-10(12)16(19)20/h1-8H. The molecule has 2 aromatic rings. The van der Waals surface area contributed by atoms with Gasteiger partial charge >= 0.3 is 8.74 Å². The van der Waals surface area contributed by atoms with Gasteiger partial charge in [-0.05, 0) is 0 Å². The van der Waals surface area contributed by atoms with Crippen LogP contribution in [0, 0.1) is 20.2 Å². The van der Waals surface area contributed by atoms with Crippen LogP contribution in [0.3, 0.4) is 0 Å². The van der Waals surface area contributed by atoms with Gasteiger partial charge in [-0.25, -0.2) is 0 Å². The summed E-state index contributed by atoms with van der Waals surface area (Å²) < 4.78 is 29.3. The predicted molar refractivity (Wildman–Crippen MR) is 73.4 cm³/mol. The highest BCUT2D eigenvalue weighted by molar-refractivity contribution is 6.93. The lowest BCUT2D eigenvalue weighted by atomic mass is 10.3. The SMILES string of the molecule is O=[N+]([O-])c1ccccc1[Si](F)(F)c1ccccc1[N+](=O)[O-]. The molecule has 21 heavy (non-hydrogen) atoms. The van der Waals surface area contributed by atoms with Crippen LogP contribution < -0.4 is 10.4 Å². The summed E-state index contributed by atoms with van der Waals surface area (Å²) in [5.41, 5.74) is -1.46. The summed E-state index contributed by atoms with van der Waals surface area (Å²) in [7, 11) is -5.55. The molecule has 2 aromatic carbocycles. The van der Waals surface area contributed by atoms with Gasteiger partial charge in [-0.2, -0.15) is 0 Å². The van der Waals surface area contributed by atoms with Gasteiger partial charge < -0.3 is 0 Å². The number of halogens is 2. The van der Waals surface area contributed by atoms with Crippen molar-refractivity contribution in [2.24, 2.45) is 0 Å². The maximum Gasteiger partial charge on any atom is 0.501 e. The van der Waals surface area contributed by atoms with Gasteiger partial charge in [0.05, 0.1) is 20.2 Å². The summed E-state index contributed by atoms with van der Waals surface area (Å²) in [6.07, 6.45) is 0. The molecule has 0 atom stereocenters. The zero-order valence-electron chi connectivity index (χ0n) is 10.4. The molecule has 2 rings (SSSR count). The third-order valence-electron chi connectivity index (χ3n) is 2.88. The Labute approximate surface area is 118 Å². The first-order valence-corrected chi connectivity index (χ1v) is 7.47. The molecule has 0 saturated carbocycles. The highest BCUT2D eigenvalue weighted by atomic mass is 28.4. The number of hydrogen-bond donors (Lipinski definition) is 0. The normalized spacial score (nSPS) is 11.1. The number of para-hydroxylation sites is 2. The van der Waals surface area contributed by atoms with E-state index in [1.165, 1.54) is 24.3 Å². The van der Waals surface area contributed by atoms with Crippen molar-refractivity contribution in [3.63, 3.8) is 0 Å². The Morgan fingerprint density at radius 2 is 1.10 bits per heavy atom. The van der Waals surface area contributed by atoms with Crippen LogP contribution in [-0.4, -0.2) is 18.6 Å². The molecular weight excluding hydrogens is 302 g/mol. The molecule has 0 aliphatic heterocycles. The summed E-state index contributed by atoms with van der Waals surface area (Å²) in [6.45, 7) is 0. The van der Waals surface area contributed by atoms with Crippen LogP contribution in [0.2, 0.25) is 0 Å². The monoisotopic (exact) mass is 310 g/mol. The number of rotatable bonds is 4. The molecule has 0 aliphatic rings. The van der Waals surface area contributed by atoms with Gasteiger partial charge in [0.2, 0.25) is 0 Å². The van der Waals surface area contributed by atoms with Crippen molar-refractivity contribution in [1.29, 1.82) is 0 Å². The van der Waals surface area contributed by atoms with Gasteiger partial charge in [-0.15, -0.1) is 0 Å². The van der Waals surface area contributed by atoms with Crippen molar-refractivity contribution in [3.05, 3.63) is 68.8 Å². The number of nitro groups is 2. The van der Waals surface area contributed by atoms with E-state index in [9.17, 15) is 28.4 Å². The van der Waals surface area contributed by atoms with Gasteiger partial charge in [0, 0.05) is 12.1 Å². The van der Waals surface area contributed by atoms with Crippen LogP contribution in [0.4, 0.5) is 19.6 Å². The average Bonchev–Trinajstić information content (AvgIpc) is 2.47. The minimum Gasteiger partial charge on any atom is -0.259 e. The predicted octanol–water partition coefficient (Wildman–Crippen LogP) is 2.00. The second kappa shape index (κ2) is 5.36. The lowest BCUT2D eigenvalue weighted by molar-refractivity contribution is -0.384. The third-order valence-corrected chi connectivity index (χ3v) is 5.08. The Morgan fingerprint density at radius 3 is 1.43 bits per heavy atom. The maximum absolute atomic E-state index is 14.7. The van der Waals surface area contributed by atoms with E-state index in [0.717, 1.165) is 24.3 Å². The number of hydrogen-bond acceptors (Lipinski definition) is 4. The molecule has 0 aliphatic carbocycles. The molecule has 0 spiro atoms. The minimum atomic E-state index is -5.55. The molecule has 108 valence electrons. The lowest BCUT2D eigenvalue weighted by Crippen LogP contribution is -2.52. The molecule has 0 saturated heterocycles. The zero-order valence-corrected chi connectivity index (χ0v) is 11.4. The van der Waals surface area contributed by atoms with Crippen molar-refractivity contribution in [1.82, 2.24) is 0 Å². The van der Waals surface area contributed by atoms with E-state index in [1.807, 2.05) is 0 Å². The molecule has 6 nitrogen and oxygen atoms in total. The molecule has 0 heterocycles. The van der Waals surface area contributed by atoms with E-state index < -0.39 is 40.3 Å². The third kappa shape index (κ3) is 2.63. The summed E-state index contributed by atoms with van der Waals surface area (Å²) in [5, 5.41) is 20.3. The van der Waals surface area contributed by atoms with Crippen LogP contribution in [0.1, 0.15) is 0 Å². The van der Waals surface area contributed by atoms with Crippen molar-refractivity contribution < 1.29 is 18.1 Å². The topological polar surface area (TPSA) is 86.3 Å². The summed E-state index contributed by atoms with van der Waals surface area (Å²) in [6, 6.07) is 8.85. The molecule has 0 bridgehead atoms. The van der Waals surface area contributed by atoms with Crippen LogP contribution >= 0.6 is 0 Å². The Hall–Kier alpha value is -2.68. The second-order valence-corrected chi connectivity index (χ2v) is 6.35. The molecule has 0 amide bonds. The fraction of sp³-hybridized carbons (Fsp3) is 0. The Bertz CT molecular complexity index is 664. The van der Waals surface area contributed by atoms with Crippen LogP contribution in [0.15, 0.2) is 48.5 Å². The first-order valence-electron chi connectivity index (χ1n) is 5.71. The van der Waals surface area contributed by atoms with Gasteiger partial charge in [0.25, 0.3) is 11.4 Å². The van der Waals surface area contributed by atoms with E-state index in [-0.39, 0.29) is 0 Å². The fourth-order valence-electron chi connectivity index (χ4n) is 1.94. The van der Waals surface area contributed by atoms with E-state index in [1.54, 1.807) is 0 Å². The number of nitrogens with zero attached hydrogens (tertiary/aromatic N) is 2. The van der Waals surface area contributed by atoms with E-state index in [4.69, 9.17) is 0 Å². The number of nitro benzene ring substituents is 2. The fourth-order valence-corrected chi connectivity index (χ4v) is 3.84. The molecule has 0 radical (unpaired) electrons. The van der Waals surface area contributed by atoms with E-state index in [0.29, 0.717) is 0 Å². The lowest BCUT2D eigenvalue weighted by Gasteiger charge is -2.13. The van der Waals surface area contributed by atoms with Gasteiger partial charge in [0.15, 0.2) is 0 Å². The molecular formula is C12H8F2N2O4Si. The van der Waals surface area contributed by atoms with Crippen molar-refractivity contribution >= 4 is 30.5 Å². The molecule has 9 heteroatoms. The smallest absolute Gasteiger partial charge is 0.259 e. The van der Waals surface area contributed by atoms with Crippen LogP contribution in [0.5, 0.6) is 0 Å². The molecule has 0 N–H and O–H groups in total. The average molecular weight is 310 g/mol. The van der Waals surface area contributed by atoms with Crippen LogP contribution in [-0.2, 0) is 0 Å². The molecule has 0 fully saturated rings. The maximum atomic E-state index is 14.7. The molecule has 0 aromatic heterocycles. The van der Waals surface area contributed by atoms with Gasteiger partial charge in [-0.3, -0.25) is 28.4 Å². The highest BCUT2D eigenvalue weighted by Gasteiger charge is 2.49. The largest absolute Gasteiger partial charge is 0.501 e. The Kier molecular flexibility index (Phi) is 3.76. The quantitative estimate of drug-likeness (QED) is 0.374. The van der Waals surface area contributed by atoms with E-state index >= 15 is 0 Å². The van der Waals surface area contributed by atoms with Crippen molar-refractivity contribution in [3.8, 4) is 0 Å². The second-order valence-electron chi connectivity index (χ2n) is 4.12. The van der Waals surface area contributed by atoms with Crippen LogP contribution in [0.25, 0.3) is 0 Å². The number of benzene rings is 2. The van der Waals surface area contributed by atoms with Crippen molar-refractivity contribution in [2.75, 3.05) is 0 Å². The Balaban J connectivity index is 2.69. The summed E-state index contributed by atoms with van der Waals surface area (Å²) >= 11 is 0. The van der Waals surface area contributed by atoms with Crippen molar-refractivity contribution in [2.45, 2.75) is 0 Å². The highest BCUT2D eigenvalue weighted by Crippen LogP contribution is 2.21. The Morgan fingerprint density at radius 1 is 0.762 bits per heavy atom. The zero-order chi connectivity index (χ0) is 15.6. The first-order chi connectivity index (χ1) is 9.85. The molecule has 0 unspecified atom stereocenters. The van der Waals surface area contributed by atoms with Gasteiger partial charge in [-0.1, -0.05) is 36.4 Å². The van der Waals surface area contributed by atoms with Gasteiger partial charge in [0.1, 0.15) is 0 Å². The minimum absolute atomic E-state index is 0.729. The summed E-state index contributed by atoms with van der Waals surface area (Å²) in [5.74, 6) is 0.